The lowest BCUT2D eigenvalue weighted by atomic mass is 10.3. The molecular weight excluding hydrogens is 178 g/mol. The Labute approximate surface area is 88.4 Å². The quantitative estimate of drug-likeness (QED) is 0.533. The van der Waals surface area contributed by atoms with Crippen molar-refractivity contribution < 1.29 is 9.47 Å². The van der Waals surface area contributed by atoms with Gasteiger partial charge in [0.25, 0.3) is 0 Å². The standard InChI is InChI=1S/C11H25NO2/c1-5-7-13-9-10-14-8-6-12(4)11(2)3/h11H,5-10H2,1-4H3. The highest BCUT2D eigenvalue weighted by molar-refractivity contribution is 4.55. The summed E-state index contributed by atoms with van der Waals surface area (Å²) in [7, 11) is 2.11. The molecule has 0 atom stereocenters. The first-order valence-electron chi connectivity index (χ1n) is 5.54. The molecule has 3 heteroatoms. The van der Waals surface area contributed by atoms with Crippen LogP contribution in [0.3, 0.4) is 0 Å². The van der Waals surface area contributed by atoms with Crippen molar-refractivity contribution >= 4 is 0 Å². The zero-order chi connectivity index (χ0) is 10.8. The zero-order valence-electron chi connectivity index (χ0n) is 10.1. The summed E-state index contributed by atoms with van der Waals surface area (Å²) in [4.78, 5) is 2.27. The maximum Gasteiger partial charge on any atom is 0.0701 e. The molecule has 0 aromatic rings. The lowest BCUT2D eigenvalue weighted by molar-refractivity contribution is 0.0387. The lowest BCUT2D eigenvalue weighted by Crippen LogP contribution is -2.30. The largest absolute Gasteiger partial charge is 0.379 e. The van der Waals surface area contributed by atoms with Crippen molar-refractivity contribution in [2.24, 2.45) is 0 Å². The predicted molar refractivity (Wildman–Crippen MR) is 59.7 cm³/mol. The molecule has 0 heterocycles. The average Bonchev–Trinajstić information content (AvgIpc) is 2.16. The van der Waals surface area contributed by atoms with E-state index in [1.807, 2.05) is 0 Å². The van der Waals surface area contributed by atoms with Crippen LogP contribution in [0.2, 0.25) is 0 Å². The molecule has 0 N–H and O–H groups in total. The minimum absolute atomic E-state index is 0.593. The molecular formula is C11H25NO2. The van der Waals surface area contributed by atoms with Gasteiger partial charge in [0, 0.05) is 19.2 Å². The van der Waals surface area contributed by atoms with Crippen molar-refractivity contribution in [2.75, 3.05) is 40.0 Å². The van der Waals surface area contributed by atoms with Gasteiger partial charge in [-0.25, -0.2) is 0 Å². The summed E-state index contributed by atoms with van der Waals surface area (Å²) in [6, 6.07) is 0.593. The van der Waals surface area contributed by atoms with Gasteiger partial charge in [-0.1, -0.05) is 6.92 Å². The molecule has 3 nitrogen and oxygen atoms in total. The Bertz CT molecular complexity index is 118. The summed E-state index contributed by atoms with van der Waals surface area (Å²) in [6.07, 6.45) is 1.08. The molecule has 14 heavy (non-hydrogen) atoms. The predicted octanol–water partition coefficient (Wildman–Crippen LogP) is 1.77. The van der Waals surface area contributed by atoms with Crippen molar-refractivity contribution in [1.82, 2.24) is 4.90 Å². The first kappa shape index (κ1) is 13.9. The normalized spacial score (nSPS) is 11.6. The van der Waals surface area contributed by atoms with E-state index >= 15 is 0 Å². The van der Waals surface area contributed by atoms with Gasteiger partial charge in [0.2, 0.25) is 0 Å². The summed E-state index contributed by atoms with van der Waals surface area (Å²) >= 11 is 0. The first-order valence-corrected chi connectivity index (χ1v) is 5.54. The van der Waals surface area contributed by atoms with Gasteiger partial charge in [0.1, 0.15) is 0 Å². The number of nitrogens with zero attached hydrogens (tertiary/aromatic N) is 1. The van der Waals surface area contributed by atoms with E-state index in [9.17, 15) is 0 Å². The second-order valence-electron chi connectivity index (χ2n) is 3.80. The molecule has 0 aliphatic rings. The van der Waals surface area contributed by atoms with Crippen LogP contribution in [0, 0.1) is 0 Å². The van der Waals surface area contributed by atoms with E-state index < -0.39 is 0 Å². The fourth-order valence-corrected chi connectivity index (χ4v) is 0.933. The number of ether oxygens (including phenoxy) is 2. The van der Waals surface area contributed by atoms with E-state index in [0.29, 0.717) is 12.6 Å². The van der Waals surface area contributed by atoms with Crippen LogP contribution in [0.4, 0.5) is 0 Å². The molecule has 0 amide bonds. The van der Waals surface area contributed by atoms with Crippen molar-refractivity contribution in [1.29, 1.82) is 0 Å². The number of hydrogen-bond acceptors (Lipinski definition) is 3. The van der Waals surface area contributed by atoms with Gasteiger partial charge in [-0.05, 0) is 27.3 Å². The fraction of sp³-hybridized carbons (Fsp3) is 1.00. The Morgan fingerprint density at radius 2 is 1.57 bits per heavy atom. The highest BCUT2D eigenvalue weighted by Crippen LogP contribution is 1.92. The first-order chi connectivity index (χ1) is 6.68. The van der Waals surface area contributed by atoms with Crippen LogP contribution in [0.1, 0.15) is 27.2 Å². The van der Waals surface area contributed by atoms with Gasteiger partial charge in [-0.15, -0.1) is 0 Å². The second kappa shape index (κ2) is 9.44. The van der Waals surface area contributed by atoms with Crippen molar-refractivity contribution in [3.05, 3.63) is 0 Å². The van der Waals surface area contributed by atoms with E-state index in [4.69, 9.17) is 9.47 Å². The molecule has 0 unspecified atom stereocenters. The maximum atomic E-state index is 5.43. The van der Waals surface area contributed by atoms with E-state index in [2.05, 4.69) is 32.7 Å². The van der Waals surface area contributed by atoms with E-state index in [1.54, 1.807) is 0 Å². The average molecular weight is 203 g/mol. The van der Waals surface area contributed by atoms with Gasteiger partial charge >= 0.3 is 0 Å². The smallest absolute Gasteiger partial charge is 0.0701 e. The van der Waals surface area contributed by atoms with Gasteiger partial charge in [-0.3, -0.25) is 0 Å². The van der Waals surface area contributed by atoms with Crippen LogP contribution in [-0.2, 0) is 9.47 Å². The van der Waals surface area contributed by atoms with Gasteiger partial charge in [0.05, 0.1) is 19.8 Å². The molecule has 0 radical (unpaired) electrons. The molecule has 0 saturated carbocycles. The zero-order valence-corrected chi connectivity index (χ0v) is 10.1. The van der Waals surface area contributed by atoms with Crippen molar-refractivity contribution in [3.63, 3.8) is 0 Å². The molecule has 0 fully saturated rings. The molecule has 0 saturated heterocycles. The molecule has 0 aliphatic heterocycles. The molecule has 0 spiro atoms. The van der Waals surface area contributed by atoms with Crippen LogP contribution < -0.4 is 0 Å². The number of likely N-dealkylation sites (N-methyl/N-ethyl adjacent to an activating group) is 1. The SMILES string of the molecule is CCCOCCOCCN(C)C(C)C. The highest BCUT2D eigenvalue weighted by Gasteiger charge is 2.01. The third-order valence-electron chi connectivity index (χ3n) is 2.19. The Balaban J connectivity index is 3.06. The van der Waals surface area contributed by atoms with Crippen molar-refractivity contribution in [3.8, 4) is 0 Å². The van der Waals surface area contributed by atoms with Crippen LogP contribution in [0.25, 0.3) is 0 Å². The van der Waals surface area contributed by atoms with E-state index in [0.717, 1.165) is 32.8 Å². The summed E-state index contributed by atoms with van der Waals surface area (Å²) in [6.45, 7) is 10.5. The van der Waals surface area contributed by atoms with Crippen LogP contribution in [-0.4, -0.2) is 51.0 Å². The molecule has 0 aromatic heterocycles. The molecule has 0 bridgehead atoms. The van der Waals surface area contributed by atoms with Gasteiger partial charge in [-0.2, -0.15) is 0 Å². The monoisotopic (exact) mass is 203 g/mol. The molecule has 0 aliphatic carbocycles. The van der Waals surface area contributed by atoms with Gasteiger partial charge in [0.15, 0.2) is 0 Å². The summed E-state index contributed by atoms with van der Waals surface area (Å²) in [5.41, 5.74) is 0. The minimum atomic E-state index is 0.593. The van der Waals surface area contributed by atoms with E-state index in [1.165, 1.54) is 0 Å². The molecule has 0 rings (SSSR count). The van der Waals surface area contributed by atoms with Crippen molar-refractivity contribution in [2.45, 2.75) is 33.2 Å². The molecule has 86 valence electrons. The maximum absolute atomic E-state index is 5.43. The Morgan fingerprint density at radius 3 is 2.07 bits per heavy atom. The Morgan fingerprint density at radius 1 is 1.00 bits per heavy atom. The fourth-order valence-electron chi connectivity index (χ4n) is 0.933. The number of rotatable bonds is 9. The van der Waals surface area contributed by atoms with Crippen LogP contribution in [0.5, 0.6) is 0 Å². The summed E-state index contributed by atoms with van der Waals surface area (Å²) in [5, 5.41) is 0. The minimum Gasteiger partial charge on any atom is -0.379 e. The second-order valence-corrected chi connectivity index (χ2v) is 3.80. The van der Waals surface area contributed by atoms with Crippen LogP contribution >= 0.6 is 0 Å². The van der Waals surface area contributed by atoms with Crippen LogP contribution in [0.15, 0.2) is 0 Å². The topological polar surface area (TPSA) is 21.7 Å². The van der Waals surface area contributed by atoms with E-state index in [-0.39, 0.29) is 0 Å². The number of hydrogen-bond donors (Lipinski definition) is 0. The Hall–Kier alpha value is -0.120. The third-order valence-corrected chi connectivity index (χ3v) is 2.19. The lowest BCUT2D eigenvalue weighted by Gasteiger charge is -2.20. The molecule has 0 aromatic carbocycles. The Kier molecular flexibility index (Phi) is 9.35. The van der Waals surface area contributed by atoms with Gasteiger partial charge < -0.3 is 14.4 Å². The summed E-state index contributed by atoms with van der Waals surface area (Å²) < 4.78 is 10.7. The highest BCUT2D eigenvalue weighted by atomic mass is 16.5. The third kappa shape index (κ3) is 8.48. The summed E-state index contributed by atoms with van der Waals surface area (Å²) in [5.74, 6) is 0.